The second-order valence-electron chi connectivity index (χ2n) is 4.37. The van der Waals surface area contributed by atoms with Crippen LogP contribution < -0.4 is 5.32 Å². The number of rotatable bonds is 6. The van der Waals surface area contributed by atoms with Crippen molar-refractivity contribution in [2.45, 2.75) is 13.5 Å². The Labute approximate surface area is 112 Å². The number of hydrogen-bond donors (Lipinski definition) is 1. The minimum atomic E-state index is 0.671. The number of ether oxygens (including phenoxy) is 1. The Bertz CT molecular complexity index is 538. The summed E-state index contributed by atoms with van der Waals surface area (Å²) >= 11 is 0. The Morgan fingerprint density at radius 2 is 2.21 bits per heavy atom. The van der Waals surface area contributed by atoms with Crippen LogP contribution in [-0.2, 0) is 18.3 Å². The molecule has 0 spiro atoms. The number of aryl methyl sites for hydroxylation is 2. The van der Waals surface area contributed by atoms with Crippen molar-refractivity contribution in [3.05, 3.63) is 29.7 Å². The van der Waals surface area contributed by atoms with Crippen LogP contribution in [0.25, 0.3) is 11.5 Å². The van der Waals surface area contributed by atoms with E-state index >= 15 is 0 Å². The monoisotopic (exact) mass is 261 g/mol. The van der Waals surface area contributed by atoms with Crippen molar-refractivity contribution >= 4 is 0 Å². The molecule has 6 heteroatoms. The van der Waals surface area contributed by atoms with Crippen molar-refractivity contribution < 1.29 is 4.74 Å². The number of nitrogens with zero attached hydrogens (tertiary/aromatic N) is 4. The van der Waals surface area contributed by atoms with Crippen LogP contribution in [0.3, 0.4) is 0 Å². The maximum absolute atomic E-state index is 4.99. The van der Waals surface area contributed by atoms with E-state index in [1.165, 1.54) is 0 Å². The van der Waals surface area contributed by atoms with Gasteiger partial charge in [-0.1, -0.05) is 0 Å². The minimum absolute atomic E-state index is 0.671. The summed E-state index contributed by atoms with van der Waals surface area (Å²) in [5, 5.41) is 7.60. The molecule has 0 aliphatic carbocycles. The molecule has 102 valence electrons. The van der Waals surface area contributed by atoms with E-state index in [0.29, 0.717) is 19.0 Å². The molecule has 2 rings (SSSR count). The molecule has 2 heterocycles. The molecule has 2 aromatic rings. The van der Waals surface area contributed by atoms with E-state index in [2.05, 4.69) is 20.4 Å². The van der Waals surface area contributed by atoms with Gasteiger partial charge in [-0.25, -0.2) is 9.97 Å². The molecule has 0 aromatic carbocycles. The molecule has 0 amide bonds. The van der Waals surface area contributed by atoms with Crippen LogP contribution in [0.15, 0.2) is 18.3 Å². The highest BCUT2D eigenvalue weighted by atomic mass is 16.5. The Morgan fingerprint density at radius 3 is 2.89 bits per heavy atom. The molecule has 0 aliphatic rings. The molecule has 6 nitrogen and oxygen atoms in total. The van der Waals surface area contributed by atoms with Crippen molar-refractivity contribution in [2.75, 3.05) is 20.3 Å². The van der Waals surface area contributed by atoms with Crippen molar-refractivity contribution in [2.24, 2.45) is 7.05 Å². The van der Waals surface area contributed by atoms with Crippen molar-refractivity contribution in [1.82, 2.24) is 25.1 Å². The van der Waals surface area contributed by atoms with E-state index in [-0.39, 0.29) is 0 Å². The van der Waals surface area contributed by atoms with Gasteiger partial charge < -0.3 is 10.1 Å². The molecule has 0 saturated heterocycles. The molecular weight excluding hydrogens is 242 g/mol. The fourth-order valence-corrected chi connectivity index (χ4v) is 1.76. The first-order chi connectivity index (χ1) is 9.19. The molecule has 2 aromatic heterocycles. The summed E-state index contributed by atoms with van der Waals surface area (Å²) in [6.45, 7) is 4.16. The zero-order valence-corrected chi connectivity index (χ0v) is 11.6. The number of nitrogens with one attached hydrogen (secondary N) is 1. The molecule has 19 heavy (non-hydrogen) atoms. The van der Waals surface area contributed by atoms with E-state index in [1.54, 1.807) is 11.8 Å². The first-order valence-corrected chi connectivity index (χ1v) is 6.23. The lowest BCUT2D eigenvalue weighted by atomic mass is 10.3. The van der Waals surface area contributed by atoms with Crippen LogP contribution in [0.1, 0.15) is 11.4 Å². The predicted molar refractivity (Wildman–Crippen MR) is 72.6 cm³/mol. The second-order valence-corrected chi connectivity index (χ2v) is 4.37. The number of hydrogen-bond acceptors (Lipinski definition) is 5. The summed E-state index contributed by atoms with van der Waals surface area (Å²) in [5.41, 5.74) is 2.70. The van der Waals surface area contributed by atoms with Crippen LogP contribution in [0.2, 0.25) is 0 Å². The zero-order chi connectivity index (χ0) is 13.7. The standard InChI is InChI=1S/C13H19N5O/c1-10-8-11(9-14-5-7-19-3)16-13(15-10)12-4-6-18(2)17-12/h4,6,8,14H,5,7,9H2,1-3H3. The third-order valence-electron chi connectivity index (χ3n) is 2.64. The number of methoxy groups -OCH3 is 1. The quantitative estimate of drug-likeness (QED) is 0.783. The lowest BCUT2D eigenvalue weighted by molar-refractivity contribution is 0.199. The molecule has 0 aliphatic heterocycles. The lowest BCUT2D eigenvalue weighted by Gasteiger charge is -2.06. The molecular formula is C13H19N5O. The van der Waals surface area contributed by atoms with Gasteiger partial charge >= 0.3 is 0 Å². The van der Waals surface area contributed by atoms with Gasteiger partial charge in [-0.05, 0) is 19.1 Å². The van der Waals surface area contributed by atoms with Gasteiger partial charge in [-0.3, -0.25) is 4.68 Å². The third kappa shape index (κ3) is 3.84. The van der Waals surface area contributed by atoms with Gasteiger partial charge in [0.25, 0.3) is 0 Å². The minimum Gasteiger partial charge on any atom is -0.383 e. The first kappa shape index (κ1) is 13.6. The molecule has 1 N–H and O–H groups in total. The van der Waals surface area contributed by atoms with Crippen molar-refractivity contribution in [3.8, 4) is 11.5 Å². The van der Waals surface area contributed by atoms with Gasteiger partial charge in [-0.15, -0.1) is 0 Å². The SMILES string of the molecule is COCCNCc1cc(C)nc(-c2ccn(C)n2)n1. The fraction of sp³-hybridized carbons (Fsp3) is 0.462. The predicted octanol–water partition coefficient (Wildman–Crippen LogP) is 0.922. The van der Waals surface area contributed by atoms with E-state index in [4.69, 9.17) is 4.74 Å². The molecule has 0 fully saturated rings. The van der Waals surface area contributed by atoms with Crippen LogP contribution in [0.5, 0.6) is 0 Å². The maximum atomic E-state index is 4.99. The fourth-order valence-electron chi connectivity index (χ4n) is 1.76. The Morgan fingerprint density at radius 1 is 1.37 bits per heavy atom. The smallest absolute Gasteiger partial charge is 0.180 e. The van der Waals surface area contributed by atoms with Crippen molar-refractivity contribution in [1.29, 1.82) is 0 Å². The van der Waals surface area contributed by atoms with E-state index in [9.17, 15) is 0 Å². The number of aromatic nitrogens is 4. The Balaban J connectivity index is 2.11. The second kappa shape index (κ2) is 6.40. The molecule has 0 atom stereocenters. The summed E-state index contributed by atoms with van der Waals surface area (Å²) < 4.78 is 6.74. The summed E-state index contributed by atoms with van der Waals surface area (Å²) in [6.07, 6.45) is 1.89. The Kier molecular flexibility index (Phi) is 4.59. The molecule has 0 unspecified atom stereocenters. The van der Waals surface area contributed by atoms with Gasteiger partial charge in [0.1, 0.15) is 5.69 Å². The molecule has 0 radical (unpaired) electrons. The van der Waals surface area contributed by atoms with Gasteiger partial charge in [-0.2, -0.15) is 5.10 Å². The highest BCUT2D eigenvalue weighted by Gasteiger charge is 2.07. The van der Waals surface area contributed by atoms with Gasteiger partial charge in [0.05, 0.1) is 12.3 Å². The average Bonchev–Trinajstić information content (AvgIpc) is 2.81. The zero-order valence-electron chi connectivity index (χ0n) is 11.6. The van der Waals surface area contributed by atoms with E-state index in [1.807, 2.05) is 32.3 Å². The topological polar surface area (TPSA) is 64.9 Å². The van der Waals surface area contributed by atoms with Crippen LogP contribution >= 0.6 is 0 Å². The van der Waals surface area contributed by atoms with Crippen LogP contribution in [-0.4, -0.2) is 40.0 Å². The van der Waals surface area contributed by atoms with Gasteiger partial charge in [0.15, 0.2) is 5.82 Å². The third-order valence-corrected chi connectivity index (χ3v) is 2.64. The van der Waals surface area contributed by atoms with E-state index < -0.39 is 0 Å². The van der Waals surface area contributed by atoms with E-state index in [0.717, 1.165) is 23.6 Å². The first-order valence-electron chi connectivity index (χ1n) is 6.23. The van der Waals surface area contributed by atoms with Crippen LogP contribution in [0, 0.1) is 6.92 Å². The van der Waals surface area contributed by atoms with Crippen molar-refractivity contribution in [3.63, 3.8) is 0 Å². The summed E-state index contributed by atoms with van der Waals surface area (Å²) in [5.74, 6) is 0.671. The normalized spacial score (nSPS) is 10.9. The van der Waals surface area contributed by atoms with Gasteiger partial charge in [0, 0.05) is 39.1 Å². The lowest BCUT2D eigenvalue weighted by Crippen LogP contribution is -2.19. The van der Waals surface area contributed by atoms with Crippen LogP contribution in [0.4, 0.5) is 0 Å². The van der Waals surface area contributed by atoms with Gasteiger partial charge in [0.2, 0.25) is 0 Å². The molecule has 0 bridgehead atoms. The maximum Gasteiger partial charge on any atom is 0.180 e. The molecule has 0 saturated carbocycles. The summed E-state index contributed by atoms with van der Waals surface area (Å²) in [4.78, 5) is 8.95. The largest absolute Gasteiger partial charge is 0.383 e. The average molecular weight is 261 g/mol. The summed E-state index contributed by atoms with van der Waals surface area (Å²) in [6, 6.07) is 3.89. The highest BCUT2D eigenvalue weighted by molar-refractivity contribution is 5.48. The summed E-state index contributed by atoms with van der Waals surface area (Å²) in [7, 11) is 3.57. The highest BCUT2D eigenvalue weighted by Crippen LogP contribution is 2.13. The Hall–Kier alpha value is -1.79.